The lowest BCUT2D eigenvalue weighted by Crippen LogP contribution is -2.19. The molecule has 0 aliphatic heterocycles. The molecule has 3 rings (SSSR count). The van der Waals surface area contributed by atoms with Gasteiger partial charge in [0.2, 0.25) is 0 Å². The highest BCUT2D eigenvalue weighted by atomic mass is 35.5. The van der Waals surface area contributed by atoms with Crippen molar-refractivity contribution in [2.24, 2.45) is 7.05 Å². The first-order chi connectivity index (χ1) is 10.7. The van der Waals surface area contributed by atoms with Crippen LogP contribution in [-0.2, 0) is 20.0 Å². The Morgan fingerprint density at radius 1 is 1.17 bits per heavy atom. The van der Waals surface area contributed by atoms with Crippen molar-refractivity contribution in [3.63, 3.8) is 0 Å². The Morgan fingerprint density at radius 3 is 2.43 bits per heavy atom. The number of hydrogen-bond acceptors (Lipinski definition) is 1. The van der Waals surface area contributed by atoms with Crippen molar-refractivity contribution in [3.8, 4) is 0 Å². The van der Waals surface area contributed by atoms with Crippen LogP contribution in [0.4, 0.5) is 13.2 Å². The van der Waals surface area contributed by atoms with Gasteiger partial charge in [0.25, 0.3) is 5.56 Å². The van der Waals surface area contributed by atoms with E-state index in [1.807, 2.05) is 0 Å². The number of nitrogens with zero attached hydrogens (tertiary/aromatic N) is 2. The van der Waals surface area contributed by atoms with Gasteiger partial charge in [-0.3, -0.25) is 4.79 Å². The van der Waals surface area contributed by atoms with Gasteiger partial charge in [-0.25, -0.2) is 0 Å². The molecule has 0 aliphatic carbocycles. The molecule has 23 heavy (non-hydrogen) atoms. The van der Waals surface area contributed by atoms with Crippen LogP contribution in [0.15, 0.2) is 29.1 Å². The van der Waals surface area contributed by atoms with Gasteiger partial charge < -0.3 is 9.13 Å². The van der Waals surface area contributed by atoms with Gasteiger partial charge in [0.05, 0.1) is 10.5 Å². The fraction of sp³-hybridized carbons (Fsp3) is 0.312. The largest absolute Gasteiger partial charge is 0.406 e. The lowest BCUT2D eigenvalue weighted by atomic mass is 10.1. The van der Waals surface area contributed by atoms with Crippen LogP contribution in [0.3, 0.4) is 0 Å². The normalized spacial score (nSPS) is 12.4. The quantitative estimate of drug-likeness (QED) is 0.683. The minimum Gasteiger partial charge on any atom is -0.335 e. The number of rotatable bonds is 2. The number of fused-ring (bicyclic) bond motifs is 3. The highest BCUT2D eigenvalue weighted by molar-refractivity contribution is 6.37. The van der Waals surface area contributed by atoms with Gasteiger partial charge in [-0.15, -0.1) is 0 Å². The lowest BCUT2D eigenvalue weighted by molar-refractivity contribution is -0.140. The summed E-state index contributed by atoms with van der Waals surface area (Å²) in [5, 5.41) is 1.48. The molecule has 0 aliphatic rings. The summed E-state index contributed by atoms with van der Waals surface area (Å²) >= 11 is 6.21. The van der Waals surface area contributed by atoms with Crippen LogP contribution in [0, 0.1) is 0 Å². The van der Waals surface area contributed by atoms with Crippen molar-refractivity contribution in [2.45, 2.75) is 26.1 Å². The van der Waals surface area contributed by atoms with E-state index in [0.29, 0.717) is 33.9 Å². The fourth-order valence-electron chi connectivity index (χ4n) is 2.96. The molecule has 122 valence electrons. The van der Waals surface area contributed by atoms with E-state index in [1.54, 1.807) is 32.2 Å². The number of alkyl halides is 3. The molecule has 2 aromatic heterocycles. The SMILES string of the molecule is CCc1cc2c3c(Cl)cc(=O)n(C)c3ccc2n1CC(F)(F)F. The van der Waals surface area contributed by atoms with E-state index in [-0.39, 0.29) is 10.6 Å². The highest BCUT2D eigenvalue weighted by Crippen LogP contribution is 2.33. The Hall–Kier alpha value is -1.95. The third-order valence-electron chi connectivity index (χ3n) is 4.03. The van der Waals surface area contributed by atoms with Gasteiger partial charge in [0, 0.05) is 35.1 Å². The summed E-state index contributed by atoms with van der Waals surface area (Å²) in [6.45, 7) is 0.759. The Bertz CT molecular complexity index is 969. The van der Waals surface area contributed by atoms with Crippen LogP contribution in [-0.4, -0.2) is 15.3 Å². The van der Waals surface area contributed by atoms with Gasteiger partial charge in [-0.1, -0.05) is 18.5 Å². The van der Waals surface area contributed by atoms with E-state index in [4.69, 9.17) is 11.6 Å². The van der Waals surface area contributed by atoms with Gasteiger partial charge in [0.1, 0.15) is 6.54 Å². The molecule has 0 unspecified atom stereocenters. The average molecular weight is 343 g/mol. The van der Waals surface area contributed by atoms with Gasteiger partial charge in [0.15, 0.2) is 0 Å². The molecule has 3 nitrogen and oxygen atoms in total. The van der Waals surface area contributed by atoms with E-state index >= 15 is 0 Å². The van der Waals surface area contributed by atoms with Crippen LogP contribution < -0.4 is 5.56 Å². The number of hydrogen-bond donors (Lipinski definition) is 0. The Balaban J connectivity index is 2.43. The molecule has 0 radical (unpaired) electrons. The number of benzene rings is 1. The van der Waals surface area contributed by atoms with E-state index in [0.717, 1.165) is 0 Å². The maximum absolute atomic E-state index is 12.9. The summed E-state index contributed by atoms with van der Waals surface area (Å²) in [7, 11) is 1.61. The molecule has 0 N–H and O–H groups in total. The Kier molecular flexibility index (Phi) is 3.67. The van der Waals surface area contributed by atoms with Crippen LogP contribution in [0.5, 0.6) is 0 Å². The predicted octanol–water partition coefficient (Wildman–Crippen LogP) is 4.27. The van der Waals surface area contributed by atoms with Crippen molar-refractivity contribution in [3.05, 3.63) is 45.3 Å². The lowest BCUT2D eigenvalue weighted by Gasteiger charge is -2.13. The molecule has 0 saturated carbocycles. The number of aryl methyl sites for hydroxylation is 2. The van der Waals surface area contributed by atoms with Gasteiger partial charge in [-0.05, 0) is 24.6 Å². The molecule has 2 heterocycles. The van der Waals surface area contributed by atoms with Crippen LogP contribution >= 0.6 is 11.6 Å². The van der Waals surface area contributed by atoms with Crippen molar-refractivity contribution in [1.82, 2.24) is 9.13 Å². The third-order valence-corrected chi connectivity index (χ3v) is 4.33. The summed E-state index contributed by atoms with van der Waals surface area (Å²) in [5.41, 5.74) is 1.39. The molecule has 3 aromatic rings. The highest BCUT2D eigenvalue weighted by Gasteiger charge is 2.30. The fourth-order valence-corrected chi connectivity index (χ4v) is 3.26. The molecule has 0 amide bonds. The van der Waals surface area contributed by atoms with E-state index in [2.05, 4.69) is 0 Å². The molecule has 1 aromatic carbocycles. The zero-order valence-corrected chi connectivity index (χ0v) is 13.3. The second-order valence-corrected chi connectivity index (χ2v) is 5.88. The summed E-state index contributed by atoms with van der Waals surface area (Å²) in [5.74, 6) is 0. The molecule has 0 fully saturated rings. The second kappa shape index (κ2) is 5.30. The van der Waals surface area contributed by atoms with Crippen molar-refractivity contribution in [2.75, 3.05) is 0 Å². The van der Waals surface area contributed by atoms with Crippen molar-refractivity contribution < 1.29 is 13.2 Å². The van der Waals surface area contributed by atoms with Crippen LogP contribution in [0.25, 0.3) is 21.8 Å². The van der Waals surface area contributed by atoms with E-state index in [9.17, 15) is 18.0 Å². The topological polar surface area (TPSA) is 26.9 Å². The zero-order valence-electron chi connectivity index (χ0n) is 12.5. The summed E-state index contributed by atoms with van der Waals surface area (Å²) in [6, 6.07) is 6.26. The zero-order chi connectivity index (χ0) is 16.9. The summed E-state index contributed by atoms with van der Waals surface area (Å²) in [4.78, 5) is 11.8. The standard InChI is InChI=1S/C16H14ClF3N2O/c1-3-9-6-10-12(22(9)8-16(18,19)20)4-5-13-15(10)11(17)7-14(23)21(13)2/h4-7H,3,8H2,1-2H3. The monoisotopic (exact) mass is 342 g/mol. The molecule has 0 spiro atoms. The van der Waals surface area contributed by atoms with E-state index < -0.39 is 12.7 Å². The van der Waals surface area contributed by atoms with Gasteiger partial charge >= 0.3 is 6.18 Å². The summed E-state index contributed by atoms with van der Waals surface area (Å²) < 4.78 is 41.3. The smallest absolute Gasteiger partial charge is 0.335 e. The minimum atomic E-state index is -4.31. The maximum atomic E-state index is 12.9. The molecule has 0 saturated heterocycles. The first kappa shape index (κ1) is 15.9. The van der Waals surface area contributed by atoms with Crippen molar-refractivity contribution >= 4 is 33.4 Å². The van der Waals surface area contributed by atoms with Crippen LogP contribution in [0.2, 0.25) is 5.02 Å². The Morgan fingerprint density at radius 2 is 1.83 bits per heavy atom. The molecule has 0 bridgehead atoms. The molecular formula is C16H14ClF3N2O. The predicted molar refractivity (Wildman–Crippen MR) is 85.1 cm³/mol. The average Bonchev–Trinajstić information content (AvgIpc) is 2.80. The first-order valence-corrected chi connectivity index (χ1v) is 7.48. The van der Waals surface area contributed by atoms with E-state index in [1.165, 1.54) is 15.2 Å². The maximum Gasteiger partial charge on any atom is 0.406 e. The van der Waals surface area contributed by atoms with Crippen molar-refractivity contribution in [1.29, 1.82) is 0 Å². The molecular weight excluding hydrogens is 329 g/mol. The number of aromatic nitrogens is 2. The van der Waals surface area contributed by atoms with Crippen LogP contribution in [0.1, 0.15) is 12.6 Å². The third kappa shape index (κ3) is 2.61. The Labute approximate surface area is 134 Å². The number of halogens is 4. The molecule has 7 heteroatoms. The second-order valence-electron chi connectivity index (χ2n) is 5.47. The van der Waals surface area contributed by atoms with Gasteiger partial charge in [-0.2, -0.15) is 13.2 Å². The summed E-state index contributed by atoms with van der Waals surface area (Å²) in [6.07, 6.45) is -3.84. The minimum absolute atomic E-state index is 0.250. The number of pyridine rings is 1. The molecule has 0 atom stereocenters. The first-order valence-electron chi connectivity index (χ1n) is 7.10.